The topological polar surface area (TPSA) is 75.2 Å². The van der Waals surface area contributed by atoms with Gasteiger partial charge in [0.1, 0.15) is 0 Å². The zero-order valence-corrected chi connectivity index (χ0v) is 11.3. The maximum absolute atomic E-state index is 5.97. The Bertz CT molecular complexity index is 317. The van der Waals surface area contributed by atoms with Crippen molar-refractivity contribution in [3.05, 3.63) is 11.9 Å². The molecule has 0 aliphatic heterocycles. The second-order valence-corrected chi connectivity index (χ2v) is 4.26. The van der Waals surface area contributed by atoms with E-state index in [1.54, 1.807) is 11.8 Å². The lowest BCUT2D eigenvalue weighted by Crippen LogP contribution is -2.10. The van der Waals surface area contributed by atoms with Gasteiger partial charge in [0.05, 0.1) is 31.1 Å². The zero-order valence-electron chi connectivity index (χ0n) is 11.3. The van der Waals surface area contributed by atoms with E-state index in [2.05, 4.69) is 17.2 Å². The standard InChI is InChI=1S/C12H24N4O2/c1-3-5-11(13)12-10-16(15-14-12)6-9-18-8-4-7-17-2/h10-11H,3-9,13H2,1-2H3. The van der Waals surface area contributed by atoms with Crippen molar-refractivity contribution in [2.24, 2.45) is 5.73 Å². The minimum absolute atomic E-state index is 0.00799. The van der Waals surface area contributed by atoms with E-state index in [-0.39, 0.29) is 6.04 Å². The lowest BCUT2D eigenvalue weighted by molar-refractivity contribution is 0.0958. The van der Waals surface area contributed by atoms with Gasteiger partial charge in [-0.25, -0.2) is 4.68 Å². The van der Waals surface area contributed by atoms with E-state index in [1.807, 2.05) is 6.20 Å². The molecule has 0 aromatic carbocycles. The monoisotopic (exact) mass is 256 g/mol. The number of hydrogen-bond donors (Lipinski definition) is 1. The second-order valence-electron chi connectivity index (χ2n) is 4.26. The summed E-state index contributed by atoms with van der Waals surface area (Å²) >= 11 is 0. The summed E-state index contributed by atoms with van der Waals surface area (Å²) in [5.41, 5.74) is 6.83. The molecule has 0 saturated heterocycles. The van der Waals surface area contributed by atoms with Gasteiger partial charge in [-0.1, -0.05) is 18.6 Å². The number of aromatic nitrogens is 3. The van der Waals surface area contributed by atoms with Crippen LogP contribution in [0.5, 0.6) is 0 Å². The minimum Gasteiger partial charge on any atom is -0.385 e. The lowest BCUT2D eigenvalue weighted by atomic mass is 10.1. The molecule has 0 amide bonds. The van der Waals surface area contributed by atoms with E-state index < -0.39 is 0 Å². The van der Waals surface area contributed by atoms with Crippen molar-refractivity contribution in [2.45, 2.75) is 38.8 Å². The Kier molecular flexibility index (Phi) is 7.55. The normalized spacial score (nSPS) is 12.8. The number of nitrogens with two attached hydrogens (primary N) is 1. The van der Waals surface area contributed by atoms with E-state index in [9.17, 15) is 0 Å². The van der Waals surface area contributed by atoms with Crippen LogP contribution in [0.3, 0.4) is 0 Å². The number of nitrogens with zero attached hydrogens (tertiary/aromatic N) is 3. The Morgan fingerprint density at radius 1 is 1.39 bits per heavy atom. The summed E-state index contributed by atoms with van der Waals surface area (Å²) in [5.74, 6) is 0. The average Bonchev–Trinajstić information content (AvgIpc) is 2.83. The Balaban J connectivity index is 2.19. The summed E-state index contributed by atoms with van der Waals surface area (Å²) in [7, 11) is 1.69. The first-order chi connectivity index (χ1) is 8.77. The molecule has 0 radical (unpaired) electrons. The van der Waals surface area contributed by atoms with Crippen molar-refractivity contribution in [1.29, 1.82) is 0 Å². The maximum atomic E-state index is 5.97. The Morgan fingerprint density at radius 3 is 2.94 bits per heavy atom. The van der Waals surface area contributed by atoms with Crippen LogP contribution in [-0.4, -0.2) is 41.9 Å². The quantitative estimate of drug-likeness (QED) is 0.635. The van der Waals surface area contributed by atoms with Gasteiger partial charge in [0.2, 0.25) is 0 Å². The highest BCUT2D eigenvalue weighted by atomic mass is 16.5. The molecule has 0 aliphatic carbocycles. The third-order valence-corrected chi connectivity index (χ3v) is 2.64. The molecule has 6 nitrogen and oxygen atoms in total. The van der Waals surface area contributed by atoms with Gasteiger partial charge in [0.25, 0.3) is 0 Å². The number of hydrogen-bond acceptors (Lipinski definition) is 5. The molecule has 2 N–H and O–H groups in total. The van der Waals surface area contributed by atoms with Gasteiger partial charge in [-0.15, -0.1) is 5.10 Å². The Hall–Kier alpha value is -0.980. The fourth-order valence-electron chi connectivity index (χ4n) is 1.62. The molecule has 1 unspecified atom stereocenters. The number of ether oxygens (including phenoxy) is 2. The summed E-state index contributed by atoms with van der Waals surface area (Å²) in [4.78, 5) is 0. The maximum Gasteiger partial charge on any atom is 0.0994 e. The molecule has 1 atom stereocenters. The molecule has 1 aromatic heterocycles. The molecule has 1 heterocycles. The van der Waals surface area contributed by atoms with Crippen molar-refractivity contribution >= 4 is 0 Å². The van der Waals surface area contributed by atoms with Crippen LogP contribution in [0.4, 0.5) is 0 Å². The summed E-state index contributed by atoms with van der Waals surface area (Å²) in [6, 6.07) is -0.00799. The lowest BCUT2D eigenvalue weighted by Gasteiger charge is -2.05. The van der Waals surface area contributed by atoms with Gasteiger partial charge in [0.15, 0.2) is 0 Å². The molecule has 0 bridgehead atoms. The number of methoxy groups -OCH3 is 1. The van der Waals surface area contributed by atoms with Gasteiger partial charge in [-0.2, -0.15) is 0 Å². The van der Waals surface area contributed by atoms with Crippen LogP contribution in [0.25, 0.3) is 0 Å². The molecule has 6 heteroatoms. The highest BCUT2D eigenvalue weighted by Crippen LogP contribution is 2.11. The van der Waals surface area contributed by atoms with Crippen LogP contribution in [0.15, 0.2) is 6.20 Å². The van der Waals surface area contributed by atoms with Crippen LogP contribution in [0, 0.1) is 0 Å². The first-order valence-corrected chi connectivity index (χ1v) is 6.50. The first-order valence-electron chi connectivity index (χ1n) is 6.50. The molecular formula is C12H24N4O2. The fourth-order valence-corrected chi connectivity index (χ4v) is 1.62. The smallest absolute Gasteiger partial charge is 0.0994 e. The van der Waals surface area contributed by atoms with Gasteiger partial charge in [0, 0.05) is 20.3 Å². The van der Waals surface area contributed by atoms with E-state index in [0.29, 0.717) is 19.8 Å². The van der Waals surface area contributed by atoms with Gasteiger partial charge >= 0.3 is 0 Å². The van der Waals surface area contributed by atoms with Crippen LogP contribution in [0.1, 0.15) is 37.9 Å². The predicted molar refractivity (Wildman–Crippen MR) is 69.2 cm³/mol. The summed E-state index contributed by atoms with van der Waals surface area (Å²) in [5, 5.41) is 8.11. The molecular weight excluding hydrogens is 232 g/mol. The molecule has 0 spiro atoms. The van der Waals surface area contributed by atoms with Crippen molar-refractivity contribution in [1.82, 2.24) is 15.0 Å². The third-order valence-electron chi connectivity index (χ3n) is 2.64. The SMILES string of the molecule is CCCC(N)c1cn(CCOCCCOC)nn1. The Labute approximate surface area is 108 Å². The summed E-state index contributed by atoms with van der Waals surface area (Å²) < 4.78 is 12.2. The fraction of sp³-hybridized carbons (Fsp3) is 0.833. The van der Waals surface area contributed by atoms with Gasteiger partial charge in [-0.05, 0) is 12.8 Å². The predicted octanol–water partition coefficient (Wildman–Crippen LogP) is 1.13. The highest BCUT2D eigenvalue weighted by Gasteiger charge is 2.09. The summed E-state index contributed by atoms with van der Waals surface area (Å²) in [6.45, 7) is 4.90. The van der Waals surface area contributed by atoms with E-state index >= 15 is 0 Å². The zero-order chi connectivity index (χ0) is 13.2. The summed E-state index contributed by atoms with van der Waals surface area (Å²) in [6.07, 6.45) is 4.81. The molecule has 0 saturated carbocycles. The molecule has 104 valence electrons. The third kappa shape index (κ3) is 5.57. The number of rotatable bonds is 10. The van der Waals surface area contributed by atoms with Crippen molar-refractivity contribution < 1.29 is 9.47 Å². The Morgan fingerprint density at radius 2 is 2.22 bits per heavy atom. The van der Waals surface area contributed by atoms with E-state index in [1.165, 1.54) is 0 Å². The molecule has 0 fully saturated rings. The first kappa shape index (κ1) is 15.1. The van der Waals surface area contributed by atoms with Gasteiger partial charge < -0.3 is 15.2 Å². The highest BCUT2D eigenvalue weighted by molar-refractivity contribution is 4.99. The minimum atomic E-state index is -0.00799. The van der Waals surface area contributed by atoms with E-state index in [4.69, 9.17) is 15.2 Å². The second kappa shape index (κ2) is 9.02. The van der Waals surface area contributed by atoms with Gasteiger partial charge in [-0.3, -0.25) is 0 Å². The van der Waals surface area contributed by atoms with Crippen LogP contribution < -0.4 is 5.73 Å². The average molecular weight is 256 g/mol. The van der Waals surface area contributed by atoms with Crippen LogP contribution >= 0.6 is 0 Å². The molecule has 1 rings (SSSR count). The van der Waals surface area contributed by atoms with E-state index in [0.717, 1.165) is 31.6 Å². The van der Waals surface area contributed by atoms with Crippen LogP contribution in [0.2, 0.25) is 0 Å². The van der Waals surface area contributed by atoms with Crippen LogP contribution in [-0.2, 0) is 16.0 Å². The largest absolute Gasteiger partial charge is 0.385 e. The molecule has 1 aromatic rings. The van der Waals surface area contributed by atoms with Crippen molar-refractivity contribution in [3.8, 4) is 0 Å². The van der Waals surface area contributed by atoms with Crippen molar-refractivity contribution in [2.75, 3.05) is 26.9 Å². The molecule has 0 aliphatic rings. The van der Waals surface area contributed by atoms with Crippen molar-refractivity contribution in [3.63, 3.8) is 0 Å². The molecule has 18 heavy (non-hydrogen) atoms.